The number of carbonyl (C=O) groups excluding carboxylic acids is 5. The van der Waals surface area contributed by atoms with Gasteiger partial charge in [-0.25, -0.2) is 0 Å². The molecule has 15 heteroatoms. The third-order valence-corrected chi connectivity index (χ3v) is 17.9. The van der Waals surface area contributed by atoms with E-state index < -0.39 is 107 Å². The summed E-state index contributed by atoms with van der Waals surface area (Å²) in [6.45, 7) is 24.8. The van der Waals surface area contributed by atoms with Crippen LogP contribution in [0.3, 0.4) is 0 Å². The van der Waals surface area contributed by atoms with Gasteiger partial charge in [0.25, 0.3) is 0 Å². The van der Waals surface area contributed by atoms with Crippen LogP contribution < -0.4 is 0 Å². The van der Waals surface area contributed by atoms with E-state index in [1.165, 1.54) is 0 Å². The van der Waals surface area contributed by atoms with Crippen molar-refractivity contribution < 1.29 is 61.6 Å². The van der Waals surface area contributed by atoms with Gasteiger partial charge >= 0.3 is 29.8 Å². The minimum absolute atomic E-state index is 0.379. The highest BCUT2D eigenvalue weighted by Crippen LogP contribution is 2.45. The molecule has 1 N–H and O–H groups in total. The van der Waals surface area contributed by atoms with Crippen LogP contribution in [0, 0.1) is 5.92 Å². The number of aliphatic hydroxyl groups is 1. The Kier molecular flexibility index (Phi) is 14.2. The van der Waals surface area contributed by atoms with E-state index in [4.69, 9.17) is 32.5 Å². The fraction of sp³-hybridized carbons (Fsp3) is 0.839. The number of rotatable bonds is 10. The van der Waals surface area contributed by atoms with Crippen molar-refractivity contribution in [1.82, 2.24) is 0 Å². The Labute approximate surface area is 275 Å². The molecule has 8 atom stereocenters. The third-order valence-electron chi connectivity index (χ3n) is 8.98. The highest BCUT2D eigenvalue weighted by molar-refractivity contribution is 6.74. The molecule has 0 unspecified atom stereocenters. The SMILES string of the molecule is CC(=O)O[C@H]1[C@@H](OC(C)=O)[C@@H](OC(C)=O)[C@@H](OC(C)=O)[C@@H](CO)[C@@H](O[Si](C)(C)C(C)(C)C)[C@H](O[Si](C)(C)C(C)(C)C)[C@H]1OC(C)=O. The van der Waals surface area contributed by atoms with Crippen LogP contribution in [0.15, 0.2) is 0 Å². The zero-order valence-corrected chi connectivity index (χ0v) is 32.2. The minimum Gasteiger partial charge on any atom is -0.458 e. The van der Waals surface area contributed by atoms with Gasteiger partial charge in [-0.3, -0.25) is 24.0 Å². The average molecular weight is 693 g/mol. The monoisotopic (exact) mass is 692 g/mol. The number of aliphatic hydroxyl groups excluding tert-OH is 1. The van der Waals surface area contributed by atoms with Gasteiger partial charge in [0.15, 0.2) is 41.1 Å². The molecular weight excluding hydrogens is 637 g/mol. The van der Waals surface area contributed by atoms with Gasteiger partial charge in [-0.05, 0) is 36.3 Å². The second-order valence-electron chi connectivity index (χ2n) is 14.9. The summed E-state index contributed by atoms with van der Waals surface area (Å²) in [4.78, 5) is 63.2. The highest BCUT2D eigenvalue weighted by Gasteiger charge is 2.60. The topological polar surface area (TPSA) is 170 Å². The van der Waals surface area contributed by atoms with Crippen LogP contribution in [0.4, 0.5) is 0 Å². The molecule has 1 aliphatic rings. The molecule has 13 nitrogen and oxygen atoms in total. The smallest absolute Gasteiger partial charge is 0.303 e. The minimum atomic E-state index is -2.83. The number of hydrogen-bond donors (Lipinski definition) is 1. The Morgan fingerprint density at radius 1 is 0.478 bits per heavy atom. The van der Waals surface area contributed by atoms with Gasteiger partial charge in [-0.2, -0.15) is 0 Å². The van der Waals surface area contributed by atoms with E-state index in [0.717, 1.165) is 34.6 Å². The van der Waals surface area contributed by atoms with Crippen molar-refractivity contribution in [2.24, 2.45) is 5.92 Å². The first kappa shape index (κ1) is 41.7. The molecule has 0 amide bonds. The molecule has 46 heavy (non-hydrogen) atoms. The summed E-state index contributed by atoms with van der Waals surface area (Å²) in [5, 5.41) is 10.3. The lowest BCUT2D eigenvalue weighted by atomic mass is 9.79. The molecule has 0 spiro atoms. The summed E-state index contributed by atoms with van der Waals surface area (Å²) in [6, 6.07) is 0. The molecule has 0 bridgehead atoms. The average Bonchev–Trinajstić information content (AvgIpc) is 2.83. The first-order valence-corrected chi connectivity index (χ1v) is 21.3. The van der Waals surface area contributed by atoms with E-state index in [-0.39, 0.29) is 5.04 Å². The lowest BCUT2D eigenvalue weighted by Crippen LogP contribution is -2.69. The van der Waals surface area contributed by atoms with Crippen molar-refractivity contribution in [3.8, 4) is 0 Å². The molecule has 0 saturated heterocycles. The van der Waals surface area contributed by atoms with Crippen LogP contribution in [0.25, 0.3) is 0 Å². The van der Waals surface area contributed by atoms with Gasteiger partial charge in [-0.15, -0.1) is 0 Å². The molecule has 0 aromatic heterocycles. The summed E-state index contributed by atoms with van der Waals surface area (Å²) < 4.78 is 42.8. The second kappa shape index (κ2) is 15.7. The van der Waals surface area contributed by atoms with Crippen LogP contribution >= 0.6 is 0 Å². The van der Waals surface area contributed by atoms with Crippen LogP contribution in [0.1, 0.15) is 76.2 Å². The summed E-state index contributed by atoms with van der Waals surface area (Å²) in [7, 11) is -5.63. The van der Waals surface area contributed by atoms with Crippen molar-refractivity contribution in [3.63, 3.8) is 0 Å². The molecule has 0 radical (unpaired) electrons. The predicted molar refractivity (Wildman–Crippen MR) is 172 cm³/mol. The van der Waals surface area contributed by atoms with Crippen molar-refractivity contribution in [1.29, 1.82) is 0 Å². The number of hydrogen-bond acceptors (Lipinski definition) is 13. The Balaban J connectivity index is 4.49. The first-order valence-electron chi connectivity index (χ1n) is 15.5. The van der Waals surface area contributed by atoms with Crippen molar-refractivity contribution in [2.75, 3.05) is 6.61 Å². The van der Waals surface area contributed by atoms with E-state index in [0.29, 0.717) is 0 Å². The van der Waals surface area contributed by atoms with E-state index in [2.05, 4.69) is 0 Å². The predicted octanol–water partition coefficient (Wildman–Crippen LogP) is 4.05. The molecule has 0 heterocycles. The third kappa shape index (κ3) is 10.9. The van der Waals surface area contributed by atoms with E-state index in [1.807, 2.05) is 67.7 Å². The summed E-state index contributed by atoms with van der Waals surface area (Å²) >= 11 is 0. The van der Waals surface area contributed by atoms with E-state index >= 15 is 0 Å². The molecule has 1 fully saturated rings. The number of ether oxygens (including phenoxy) is 5. The second-order valence-corrected chi connectivity index (χ2v) is 24.4. The fourth-order valence-electron chi connectivity index (χ4n) is 4.79. The van der Waals surface area contributed by atoms with E-state index in [9.17, 15) is 29.1 Å². The molecule has 1 saturated carbocycles. The molecule has 1 aliphatic carbocycles. The van der Waals surface area contributed by atoms with Crippen LogP contribution in [-0.2, 0) is 56.5 Å². The van der Waals surface area contributed by atoms with Gasteiger partial charge in [0, 0.05) is 34.6 Å². The maximum atomic E-state index is 12.8. The molecule has 0 aliphatic heterocycles. The lowest BCUT2D eigenvalue weighted by molar-refractivity contribution is -0.241. The van der Waals surface area contributed by atoms with Gasteiger partial charge in [-0.1, -0.05) is 41.5 Å². The maximum Gasteiger partial charge on any atom is 0.303 e. The first-order chi connectivity index (χ1) is 20.7. The largest absolute Gasteiger partial charge is 0.458 e. The van der Waals surface area contributed by atoms with E-state index in [1.54, 1.807) is 0 Å². The van der Waals surface area contributed by atoms with Crippen molar-refractivity contribution >= 4 is 46.5 Å². The lowest BCUT2D eigenvalue weighted by Gasteiger charge is -2.52. The summed E-state index contributed by atoms with van der Waals surface area (Å²) in [5.74, 6) is -5.29. The van der Waals surface area contributed by atoms with Gasteiger partial charge in [0.05, 0.1) is 18.6 Å². The fourth-order valence-corrected chi connectivity index (χ4v) is 7.43. The normalized spacial score (nSPS) is 27.8. The molecule has 1 rings (SSSR count). The van der Waals surface area contributed by atoms with Gasteiger partial charge < -0.3 is 37.6 Å². The van der Waals surface area contributed by atoms with Crippen LogP contribution in [0.5, 0.6) is 0 Å². The highest BCUT2D eigenvalue weighted by atomic mass is 28.4. The zero-order chi connectivity index (χ0) is 36.2. The Hall–Kier alpha value is -2.34. The Morgan fingerprint density at radius 2 is 0.717 bits per heavy atom. The molecule has 0 aromatic rings. The van der Waals surface area contributed by atoms with Crippen LogP contribution in [0.2, 0.25) is 36.3 Å². The van der Waals surface area contributed by atoms with Crippen LogP contribution in [-0.4, -0.2) is 101 Å². The maximum absolute atomic E-state index is 12.8. The summed E-state index contributed by atoms with van der Waals surface area (Å²) in [5.41, 5.74) is 0. The Morgan fingerprint density at radius 3 is 0.978 bits per heavy atom. The standard InChI is InChI=1S/C31H56O13Si2/c1-17(33)38-23-22(16-32)24(43-45(12,13)30(6,7)8)29(44-46(14,15)31(9,10)11)28(42-21(5)37)27(41-20(4)36)26(40-19(3)35)25(23)39-18(2)34/h22-29,32H,16H2,1-15H3/t22-,23+,24-,25+,26+,27+,28+,29+/m1/s1. The van der Waals surface area contributed by atoms with Crippen molar-refractivity contribution in [2.45, 2.75) is 155 Å². The molecule has 266 valence electrons. The molecule has 0 aromatic carbocycles. The molecular formula is C31H56O13Si2. The number of carbonyl (C=O) groups is 5. The number of esters is 5. The Bertz CT molecular complexity index is 1110. The quantitative estimate of drug-likeness (QED) is 0.198. The van der Waals surface area contributed by atoms with Gasteiger partial charge in [0.1, 0.15) is 12.2 Å². The summed E-state index contributed by atoms with van der Waals surface area (Å²) in [6.07, 6.45) is -10.4. The van der Waals surface area contributed by atoms with Gasteiger partial charge in [0.2, 0.25) is 0 Å². The van der Waals surface area contributed by atoms with Crippen molar-refractivity contribution in [3.05, 3.63) is 0 Å². The zero-order valence-electron chi connectivity index (χ0n) is 30.2.